The van der Waals surface area contributed by atoms with Crippen molar-refractivity contribution in [2.24, 2.45) is 0 Å². The molecule has 1 aromatic heterocycles. The second-order valence-corrected chi connectivity index (χ2v) is 3.91. The SMILES string of the molecule is CCOC(=O)COc1nc(CC)nc2ccccc12. The van der Waals surface area contributed by atoms with Crippen LogP contribution in [0.1, 0.15) is 19.7 Å². The van der Waals surface area contributed by atoms with Crippen LogP contribution >= 0.6 is 0 Å². The van der Waals surface area contributed by atoms with Crippen LogP contribution < -0.4 is 4.74 Å². The molecule has 0 aliphatic rings. The number of esters is 1. The zero-order valence-corrected chi connectivity index (χ0v) is 11.0. The van der Waals surface area contributed by atoms with Crippen molar-refractivity contribution >= 4 is 16.9 Å². The Morgan fingerprint density at radius 1 is 1.21 bits per heavy atom. The van der Waals surface area contributed by atoms with Crippen LogP contribution in [-0.4, -0.2) is 29.2 Å². The van der Waals surface area contributed by atoms with E-state index in [4.69, 9.17) is 9.47 Å². The maximum Gasteiger partial charge on any atom is 0.344 e. The van der Waals surface area contributed by atoms with Crippen LogP contribution in [0, 0.1) is 0 Å². The van der Waals surface area contributed by atoms with Gasteiger partial charge in [0, 0.05) is 6.42 Å². The molecule has 2 rings (SSSR count). The Morgan fingerprint density at radius 3 is 2.74 bits per heavy atom. The molecular formula is C14H16N2O3. The van der Waals surface area contributed by atoms with Crippen LogP contribution in [0.2, 0.25) is 0 Å². The summed E-state index contributed by atoms with van der Waals surface area (Å²) in [6.07, 6.45) is 0.709. The van der Waals surface area contributed by atoms with Crippen molar-refractivity contribution in [3.63, 3.8) is 0 Å². The topological polar surface area (TPSA) is 61.3 Å². The summed E-state index contributed by atoms with van der Waals surface area (Å²) in [6.45, 7) is 3.93. The van der Waals surface area contributed by atoms with Crippen LogP contribution in [0.25, 0.3) is 10.9 Å². The summed E-state index contributed by atoms with van der Waals surface area (Å²) >= 11 is 0. The van der Waals surface area contributed by atoms with Gasteiger partial charge in [0.05, 0.1) is 17.5 Å². The lowest BCUT2D eigenvalue weighted by Crippen LogP contribution is -2.15. The number of aryl methyl sites for hydroxylation is 1. The third-order valence-electron chi connectivity index (χ3n) is 2.56. The fourth-order valence-electron chi connectivity index (χ4n) is 1.69. The van der Waals surface area contributed by atoms with Gasteiger partial charge in [-0.15, -0.1) is 0 Å². The minimum Gasteiger partial charge on any atom is -0.465 e. The van der Waals surface area contributed by atoms with Gasteiger partial charge in [0.15, 0.2) is 6.61 Å². The monoisotopic (exact) mass is 260 g/mol. The Hall–Kier alpha value is -2.17. The highest BCUT2D eigenvalue weighted by molar-refractivity contribution is 5.83. The molecule has 1 heterocycles. The number of carbonyl (C=O) groups excluding carboxylic acids is 1. The predicted molar refractivity (Wildman–Crippen MR) is 71.0 cm³/mol. The van der Waals surface area contributed by atoms with Crippen molar-refractivity contribution in [1.82, 2.24) is 9.97 Å². The molecule has 5 heteroatoms. The van der Waals surface area contributed by atoms with E-state index in [1.807, 2.05) is 31.2 Å². The van der Waals surface area contributed by atoms with Gasteiger partial charge in [-0.1, -0.05) is 19.1 Å². The summed E-state index contributed by atoms with van der Waals surface area (Å²) in [6, 6.07) is 7.56. The summed E-state index contributed by atoms with van der Waals surface area (Å²) in [5.41, 5.74) is 0.813. The number of carbonyl (C=O) groups is 1. The van der Waals surface area contributed by atoms with Gasteiger partial charge in [0.25, 0.3) is 0 Å². The highest BCUT2D eigenvalue weighted by Gasteiger charge is 2.10. The van der Waals surface area contributed by atoms with E-state index in [0.717, 1.165) is 10.9 Å². The van der Waals surface area contributed by atoms with Crippen molar-refractivity contribution in [2.45, 2.75) is 20.3 Å². The molecule has 5 nitrogen and oxygen atoms in total. The van der Waals surface area contributed by atoms with Crippen LogP contribution in [0.5, 0.6) is 5.88 Å². The van der Waals surface area contributed by atoms with E-state index in [0.29, 0.717) is 24.7 Å². The molecule has 0 amide bonds. The van der Waals surface area contributed by atoms with E-state index in [1.54, 1.807) is 6.92 Å². The molecule has 0 saturated carbocycles. The Balaban J connectivity index is 2.27. The molecule has 0 aliphatic carbocycles. The summed E-state index contributed by atoms with van der Waals surface area (Å²) < 4.78 is 10.3. The third-order valence-corrected chi connectivity index (χ3v) is 2.56. The van der Waals surface area contributed by atoms with Gasteiger partial charge in [0.1, 0.15) is 5.82 Å². The maximum atomic E-state index is 11.3. The summed E-state index contributed by atoms with van der Waals surface area (Å²) in [4.78, 5) is 20.0. The molecule has 0 saturated heterocycles. The number of benzene rings is 1. The number of fused-ring (bicyclic) bond motifs is 1. The number of para-hydroxylation sites is 1. The molecule has 0 aliphatic heterocycles. The van der Waals surface area contributed by atoms with Gasteiger partial charge in [0.2, 0.25) is 5.88 Å². The van der Waals surface area contributed by atoms with Gasteiger partial charge < -0.3 is 9.47 Å². The second kappa shape index (κ2) is 6.13. The fourth-order valence-corrected chi connectivity index (χ4v) is 1.69. The van der Waals surface area contributed by atoms with E-state index < -0.39 is 5.97 Å². The summed E-state index contributed by atoms with van der Waals surface area (Å²) in [5, 5.41) is 0.795. The predicted octanol–water partition coefficient (Wildman–Crippen LogP) is 2.13. The normalized spacial score (nSPS) is 10.4. The van der Waals surface area contributed by atoms with E-state index >= 15 is 0 Å². The molecule has 0 fully saturated rings. The number of nitrogens with zero attached hydrogens (tertiary/aromatic N) is 2. The van der Waals surface area contributed by atoms with Crippen molar-refractivity contribution in [3.05, 3.63) is 30.1 Å². The molecule has 100 valence electrons. The Kier molecular flexibility index (Phi) is 4.28. The first-order valence-electron chi connectivity index (χ1n) is 6.28. The number of rotatable bonds is 5. The number of aromatic nitrogens is 2. The lowest BCUT2D eigenvalue weighted by Gasteiger charge is -2.09. The van der Waals surface area contributed by atoms with Gasteiger partial charge in [-0.05, 0) is 19.1 Å². The average Bonchev–Trinajstić information content (AvgIpc) is 2.44. The highest BCUT2D eigenvalue weighted by Crippen LogP contribution is 2.22. The van der Waals surface area contributed by atoms with E-state index in [1.165, 1.54) is 0 Å². The first-order chi connectivity index (χ1) is 9.24. The second-order valence-electron chi connectivity index (χ2n) is 3.91. The van der Waals surface area contributed by atoms with Crippen LogP contribution in [-0.2, 0) is 16.0 Å². The molecule has 0 N–H and O–H groups in total. The summed E-state index contributed by atoms with van der Waals surface area (Å²) in [7, 11) is 0. The van der Waals surface area contributed by atoms with Gasteiger partial charge >= 0.3 is 5.97 Å². The summed E-state index contributed by atoms with van der Waals surface area (Å²) in [5.74, 6) is 0.719. The van der Waals surface area contributed by atoms with E-state index in [-0.39, 0.29) is 6.61 Å². The van der Waals surface area contributed by atoms with Gasteiger partial charge in [-0.3, -0.25) is 0 Å². The number of hydrogen-bond acceptors (Lipinski definition) is 5. The average molecular weight is 260 g/mol. The molecule has 0 bridgehead atoms. The van der Waals surface area contributed by atoms with Crippen molar-refractivity contribution in [2.75, 3.05) is 13.2 Å². The van der Waals surface area contributed by atoms with Crippen molar-refractivity contribution < 1.29 is 14.3 Å². The van der Waals surface area contributed by atoms with Crippen LogP contribution in [0.3, 0.4) is 0 Å². The molecule has 0 radical (unpaired) electrons. The van der Waals surface area contributed by atoms with E-state index in [9.17, 15) is 4.79 Å². The minimum absolute atomic E-state index is 0.141. The lowest BCUT2D eigenvalue weighted by atomic mass is 10.2. The molecule has 0 atom stereocenters. The number of ether oxygens (including phenoxy) is 2. The minimum atomic E-state index is -0.400. The first-order valence-corrected chi connectivity index (χ1v) is 6.28. The standard InChI is InChI=1S/C14H16N2O3/c1-3-12-15-11-8-6-5-7-10(11)14(16-12)19-9-13(17)18-4-2/h5-8H,3-4,9H2,1-2H3. The van der Waals surface area contributed by atoms with Crippen molar-refractivity contribution in [1.29, 1.82) is 0 Å². The van der Waals surface area contributed by atoms with Gasteiger partial charge in [-0.2, -0.15) is 4.98 Å². The molecule has 0 spiro atoms. The van der Waals surface area contributed by atoms with E-state index in [2.05, 4.69) is 9.97 Å². The van der Waals surface area contributed by atoms with Crippen molar-refractivity contribution in [3.8, 4) is 5.88 Å². The smallest absolute Gasteiger partial charge is 0.344 e. The quantitative estimate of drug-likeness (QED) is 0.771. The Morgan fingerprint density at radius 2 is 2.00 bits per heavy atom. The van der Waals surface area contributed by atoms with Crippen LogP contribution in [0.15, 0.2) is 24.3 Å². The largest absolute Gasteiger partial charge is 0.465 e. The van der Waals surface area contributed by atoms with Crippen LogP contribution in [0.4, 0.5) is 0 Å². The molecular weight excluding hydrogens is 244 g/mol. The zero-order chi connectivity index (χ0) is 13.7. The first kappa shape index (κ1) is 13.3. The molecule has 0 unspecified atom stereocenters. The number of hydrogen-bond donors (Lipinski definition) is 0. The fraction of sp³-hybridized carbons (Fsp3) is 0.357. The maximum absolute atomic E-state index is 11.3. The Labute approximate surface area is 111 Å². The lowest BCUT2D eigenvalue weighted by molar-refractivity contribution is -0.145. The molecule has 19 heavy (non-hydrogen) atoms. The zero-order valence-electron chi connectivity index (χ0n) is 11.0. The van der Waals surface area contributed by atoms with Gasteiger partial charge in [-0.25, -0.2) is 9.78 Å². The molecule has 1 aromatic carbocycles. The highest BCUT2D eigenvalue weighted by atomic mass is 16.6. The molecule has 2 aromatic rings. The Bertz CT molecular complexity index is 584. The third kappa shape index (κ3) is 3.19.